The predicted molar refractivity (Wildman–Crippen MR) is 103 cm³/mol. The maximum Gasteiger partial charge on any atom is 0.226 e. The van der Waals surface area contributed by atoms with Gasteiger partial charge in [0.25, 0.3) is 0 Å². The predicted octanol–water partition coefficient (Wildman–Crippen LogP) is 4.85. The maximum absolute atomic E-state index is 12.5. The molecule has 0 atom stereocenters. The molecule has 0 unspecified atom stereocenters. The highest BCUT2D eigenvalue weighted by molar-refractivity contribution is 6.42. The summed E-state index contributed by atoms with van der Waals surface area (Å²) in [6.07, 6.45) is 1.88. The van der Waals surface area contributed by atoms with Crippen molar-refractivity contribution < 1.29 is 9.53 Å². The van der Waals surface area contributed by atoms with Gasteiger partial charge in [0.05, 0.1) is 29.7 Å². The van der Waals surface area contributed by atoms with Crippen molar-refractivity contribution in [2.75, 3.05) is 13.2 Å². The first-order valence-electron chi connectivity index (χ1n) is 7.99. The number of ether oxygens (including phenoxy) is 1. The molecule has 2 aromatic rings. The van der Waals surface area contributed by atoms with Crippen LogP contribution in [0.5, 0.6) is 5.75 Å². The minimum Gasteiger partial charge on any atom is -0.491 e. The molecule has 0 aliphatic heterocycles. The fourth-order valence-electron chi connectivity index (χ4n) is 2.32. The zero-order chi connectivity index (χ0) is 18.9. The van der Waals surface area contributed by atoms with Crippen LogP contribution in [0.4, 0.5) is 0 Å². The van der Waals surface area contributed by atoms with Crippen molar-refractivity contribution in [2.24, 2.45) is 0 Å². The summed E-state index contributed by atoms with van der Waals surface area (Å²) in [6, 6.07) is 14.3. The third kappa shape index (κ3) is 5.52. The second-order valence-electron chi connectivity index (χ2n) is 5.52. The van der Waals surface area contributed by atoms with Crippen LogP contribution in [0.15, 0.2) is 55.1 Å². The van der Waals surface area contributed by atoms with Crippen molar-refractivity contribution in [2.45, 2.75) is 13.0 Å². The first-order valence-corrected chi connectivity index (χ1v) is 8.75. The first kappa shape index (κ1) is 19.8. The standard InChI is InChI=1S/C20H18Cl2N2O2/c1-2-11-24(14-16-8-6-15(13-23)7-9-16)19(25)10-12-26-18-5-3-4-17(21)20(18)22/h2-9H,1,10-12,14H2. The normalized spacial score (nSPS) is 10.0. The molecule has 134 valence electrons. The molecule has 0 fully saturated rings. The monoisotopic (exact) mass is 388 g/mol. The summed E-state index contributed by atoms with van der Waals surface area (Å²) in [5.74, 6) is 0.390. The van der Waals surface area contributed by atoms with Gasteiger partial charge in [-0.15, -0.1) is 6.58 Å². The highest BCUT2D eigenvalue weighted by atomic mass is 35.5. The minimum absolute atomic E-state index is 0.0626. The third-order valence-electron chi connectivity index (χ3n) is 3.65. The van der Waals surface area contributed by atoms with E-state index in [-0.39, 0.29) is 18.9 Å². The number of carbonyl (C=O) groups is 1. The smallest absolute Gasteiger partial charge is 0.226 e. The molecule has 6 heteroatoms. The van der Waals surface area contributed by atoms with Crippen LogP contribution in [0.3, 0.4) is 0 Å². The van der Waals surface area contributed by atoms with E-state index in [2.05, 4.69) is 12.6 Å². The summed E-state index contributed by atoms with van der Waals surface area (Å²) < 4.78 is 5.57. The van der Waals surface area contributed by atoms with Crippen molar-refractivity contribution in [3.63, 3.8) is 0 Å². The summed E-state index contributed by atoms with van der Waals surface area (Å²) in [4.78, 5) is 14.2. The number of nitrogens with zero attached hydrogens (tertiary/aromatic N) is 2. The van der Waals surface area contributed by atoms with Crippen molar-refractivity contribution in [3.05, 3.63) is 76.3 Å². The molecule has 4 nitrogen and oxygen atoms in total. The average Bonchev–Trinajstić information content (AvgIpc) is 2.65. The number of amides is 1. The van der Waals surface area contributed by atoms with E-state index in [4.69, 9.17) is 33.2 Å². The Morgan fingerprint density at radius 1 is 1.23 bits per heavy atom. The number of carbonyl (C=O) groups excluding carboxylic acids is 1. The molecule has 0 aliphatic carbocycles. The van der Waals surface area contributed by atoms with Gasteiger partial charge in [0.2, 0.25) is 5.91 Å². The second-order valence-corrected chi connectivity index (χ2v) is 6.31. The van der Waals surface area contributed by atoms with Crippen LogP contribution in [0.25, 0.3) is 0 Å². The zero-order valence-electron chi connectivity index (χ0n) is 14.1. The van der Waals surface area contributed by atoms with Gasteiger partial charge < -0.3 is 9.64 Å². The van der Waals surface area contributed by atoms with Gasteiger partial charge >= 0.3 is 0 Å². The maximum atomic E-state index is 12.5. The Morgan fingerprint density at radius 2 is 1.96 bits per heavy atom. The van der Waals surface area contributed by atoms with Crippen LogP contribution in [-0.4, -0.2) is 24.0 Å². The van der Waals surface area contributed by atoms with E-state index in [1.54, 1.807) is 41.3 Å². The average molecular weight is 389 g/mol. The number of halogens is 2. The van der Waals surface area contributed by atoms with E-state index in [0.29, 0.717) is 34.4 Å². The Morgan fingerprint density at radius 3 is 2.62 bits per heavy atom. The molecular weight excluding hydrogens is 371 g/mol. The molecule has 0 saturated carbocycles. The molecule has 2 rings (SSSR count). The second kappa shape index (κ2) is 9.86. The van der Waals surface area contributed by atoms with Crippen molar-refractivity contribution in [1.82, 2.24) is 4.90 Å². The Balaban J connectivity index is 1.93. The lowest BCUT2D eigenvalue weighted by Crippen LogP contribution is -2.31. The summed E-state index contributed by atoms with van der Waals surface area (Å²) in [7, 11) is 0. The molecule has 0 bridgehead atoms. The Kier molecular flexibility index (Phi) is 7.53. The number of benzene rings is 2. The van der Waals surface area contributed by atoms with E-state index in [1.165, 1.54) is 0 Å². The van der Waals surface area contributed by atoms with Crippen LogP contribution in [0.2, 0.25) is 10.0 Å². The summed E-state index contributed by atoms with van der Waals surface area (Å²) in [5, 5.41) is 9.59. The van der Waals surface area contributed by atoms with Gasteiger partial charge in [-0.2, -0.15) is 5.26 Å². The Hall–Kier alpha value is -2.48. The van der Waals surface area contributed by atoms with Crippen LogP contribution < -0.4 is 4.74 Å². The number of hydrogen-bond acceptors (Lipinski definition) is 3. The van der Waals surface area contributed by atoms with E-state index in [0.717, 1.165) is 5.56 Å². The van der Waals surface area contributed by atoms with E-state index in [1.807, 2.05) is 12.1 Å². The molecular formula is C20H18Cl2N2O2. The van der Waals surface area contributed by atoms with E-state index in [9.17, 15) is 4.79 Å². The van der Waals surface area contributed by atoms with Gasteiger partial charge in [-0.1, -0.05) is 47.5 Å². The van der Waals surface area contributed by atoms with Crippen LogP contribution in [-0.2, 0) is 11.3 Å². The molecule has 0 spiro atoms. The Bertz CT molecular complexity index is 814. The highest BCUT2D eigenvalue weighted by Crippen LogP contribution is 2.31. The lowest BCUT2D eigenvalue weighted by Gasteiger charge is -2.21. The molecule has 1 amide bonds. The lowest BCUT2D eigenvalue weighted by atomic mass is 10.1. The molecule has 0 radical (unpaired) electrons. The van der Waals surface area contributed by atoms with Gasteiger partial charge in [0, 0.05) is 13.1 Å². The van der Waals surface area contributed by atoms with Crippen LogP contribution in [0.1, 0.15) is 17.5 Å². The molecule has 0 aromatic heterocycles. The summed E-state index contributed by atoms with van der Waals surface area (Å²) in [6.45, 7) is 4.76. The molecule has 0 heterocycles. The van der Waals surface area contributed by atoms with Gasteiger partial charge in [-0.25, -0.2) is 0 Å². The number of nitriles is 1. The van der Waals surface area contributed by atoms with Crippen LogP contribution >= 0.6 is 23.2 Å². The highest BCUT2D eigenvalue weighted by Gasteiger charge is 2.14. The topological polar surface area (TPSA) is 53.3 Å². The van der Waals surface area contributed by atoms with Gasteiger partial charge in [-0.3, -0.25) is 4.79 Å². The van der Waals surface area contributed by atoms with Gasteiger partial charge in [0.1, 0.15) is 10.8 Å². The Labute approximate surface area is 163 Å². The van der Waals surface area contributed by atoms with Crippen molar-refractivity contribution in [3.8, 4) is 11.8 Å². The summed E-state index contributed by atoms with van der Waals surface area (Å²) >= 11 is 12.0. The van der Waals surface area contributed by atoms with E-state index >= 15 is 0 Å². The zero-order valence-corrected chi connectivity index (χ0v) is 15.6. The number of hydrogen-bond donors (Lipinski definition) is 0. The molecule has 0 saturated heterocycles. The molecule has 0 N–H and O–H groups in total. The minimum atomic E-state index is -0.0626. The fraction of sp³-hybridized carbons (Fsp3) is 0.200. The van der Waals surface area contributed by atoms with Gasteiger partial charge in [-0.05, 0) is 29.8 Å². The largest absolute Gasteiger partial charge is 0.491 e. The van der Waals surface area contributed by atoms with Crippen molar-refractivity contribution >= 4 is 29.1 Å². The summed E-state index contributed by atoms with van der Waals surface area (Å²) in [5.41, 5.74) is 1.53. The SMILES string of the molecule is C=CCN(Cc1ccc(C#N)cc1)C(=O)CCOc1cccc(Cl)c1Cl. The quantitative estimate of drug-likeness (QED) is 0.607. The van der Waals surface area contributed by atoms with Gasteiger partial charge in [0.15, 0.2) is 0 Å². The molecule has 2 aromatic carbocycles. The number of rotatable bonds is 8. The molecule has 0 aliphatic rings. The third-order valence-corrected chi connectivity index (χ3v) is 4.45. The van der Waals surface area contributed by atoms with Crippen LogP contribution in [0, 0.1) is 11.3 Å². The fourth-order valence-corrected chi connectivity index (χ4v) is 2.66. The van der Waals surface area contributed by atoms with Crippen molar-refractivity contribution in [1.29, 1.82) is 5.26 Å². The van der Waals surface area contributed by atoms with E-state index < -0.39 is 0 Å². The first-order chi connectivity index (χ1) is 12.5. The lowest BCUT2D eigenvalue weighted by molar-refractivity contribution is -0.131. The molecule has 26 heavy (non-hydrogen) atoms.